The van der Waals surface area contributed by atoms with Crippen LogP contribution in [0.2, 0.25) is 5.02 Å². The summed E-state index contributed by atoms with van der Waals surface area (Å²) in [5.41, 5.74) is 1.69. The number of fused-ring (bicyclic) bond motifs is 2. The molecule has 3 heterocycles. The molecule has 1 aromatic heterocycles. The molecule has 3 unspecified atom stereocenters. The lowest BCUT2D eigenvalue weighted by molar-refractivity contribution is -0.118. The fourth-order valence-corrected chi connectivity index (χ4v) is 8.25. The second kappa shape index (κ2) is 15.6. The van der Waals surface area contributed by atoms with Crippen molar-refractivity contribution in [3.8, 4) is 5.88 Å². The molecule has 5 rings (SSSR count). The van der Waals surface area contributed by atoms with E-state index in [0.717, 1.165) is 6.42 Å². The van der Waals surface area contributed by atoms with E-state index in [0.29, 0.717) is 48.0 Å². The normalized spacial score (nSPS) is 21.4. The highest BCUT2D eigenvalue weighted by Gasteiger charge is 2.38. The first-order valence-corrected chi connectivity index (χ1v) is 18.0. The molecular formula is C34H41ClFN5O6S. The molecule has 2 bridgehead atoms. The molecule has 0 radical (unpaired) electrons. The Morgan fingerprint density at radius 2 is 1.88 bits per heavy atom. The third-order valence-electron chi connectivity index (χ3n) is 8.64. The van der Waals surface area contributed by atoms with Crippen molar-refractivity contribution in [1.29, 1.82) is 0 Å². The van der Waals surface area contributed by atoms with Gasteiger partial charge >= 0.3 is 6.09 Å². The van der Waals surface area contributed by atoms with Gasteiger partial charge in [0.15, 0.2) is 0 Å². The lowest BCUT2D eigenvalue weighted by Gasteiger charge is -2.37. The summed E-state index contributed by atoms with van der Waals surface area (Å²) in [6, 6.07) is 13.2. The van der Waals surface area contributed by atoms with E-state index in [9.17, 15) is 18.0 Å². The zero-order valence-electron chi connectivity index (χ0n) is 27.1. The van der Waals surface area contributed by atoms with E-state index in [2.05, 4.69) is 20.9 Å². The highest BCUT2D eigenvalue weighted by atomic mass is 35.5. The molecule has 2 aliphatic rings. The molecule has 5 atom stereocenters. The van der Waals surface area contributed by atoms with Gasteiger partial charge in [-0.3, -0.25) is 4.79 Å². The van der Waals surface area contributed by atoms with Crippen LogP contribution >= 0.6 is 11.6 Å². The first-order valence-electron chi connectivity index (χ1n) is 16.0. The molecule has 2 fully saturated rings. The molecular weight excluding hydrogens is 661 g/mol. The Morgan fingerprint density at radius 3 is 2.56 bits per heavy atom. The van der Waals surface area contributed by atoms with Crippen LogP contribution in [0.25, 0.3) is 0 Å². The van der Waals surface area contributed by atoms with Gasteiger partial charge in [-0.15, -0.1) is 0 Å². The van der Waals surface area contributed by atoms with E-state index in [1.54, 1.807) is 53.0 Å². The van der Waals surface area contributed by atoms with Crippen LogP contribution in [0.1, 0.15) is 55.7 Å². The third kappa shape index (κ3) is 8.62. The number of anilines is 1. The fraction of sp³-hybridized carbons (Fsp3) is 0.441. The monoisotopic (exact) mass is 701 g/mol. The topological polar surface area (TPSA) is 139 Å². The molecule has 11 nitrogen and oxygen atoms in total. The van der Waals surface area contributed by atoms with Gasteiger partial charge in [-0.25, -0.2) is 22.6 Å². The maximum absolute atomic E-state index is 15.4. The van der Waals surface area contributed by atoms with Crippen molar-refractivity contribution in [1.82, 2.24) is 19.9 Å². The van der Waals surface area contributed by atoms with Crippen LogP contribution in [0, 0.1) is 5.82 Å². The van der Waals surface area contributed by atoms with Gasteiger partial charge in [0.05, 0.1) is 19.0 Å². The number of pyridine rings is 1. The van der Waals surface area contributed by atoms with Gasteiger partial charge in [0.2, 0.25) is 21.8 Å². The predicted octanol–water partition coefficient (Wildman–Crippen LogP) is 4.86. The van der Waals surface area contributed by atoms with Crippen LogP contribution in [-0.2, 0) is 26.0 Å². The van der Waals surface area contributed by atoms with Crippen LogP contribution in [0.5, 0.6) is 5.88 Å². The number of aromatic nitrogens is 1. The third-order valence-corrected chi connectivity index (χ3v) is 10.9. The quantitative estimate of drug-likeness (QED) is 0.258. The average molecular weight is 702 g/mol. The van der Waals surface area contributed by atoms with Gasteiger partial charge < -0.3 is 25.4 Å². The number of hydrogen-bond acceptors (Lipinski definition) is 8. The zero-order valence-corrected chi connectivity index (χ0v) is 28.7. The van der Waals surface area contributed by atoms with E-state index >= 15 is 4.39 Å². The maximum Gasteiger partial charge on any atom is 0.407 e. The minimum absolute atomic E-state index is 0.0923. The molecule has 3 aromatic rings. The molecule has 0 aliphatic carbocycles. The molecule has 3 N–H and O–H groups in total. The summed E-state index contributed by atoms with van der Waals surface area (Å²) in [5, 5.41) is 9.42. The summed E-state index contributed by atoms with van der Waals surface area (Å²) < 4.78 is 53.5. The van der Waals surface area contributed by atoms with Crippen molar-refractivity contribution in [3.05, 3.63) is 88.3 Å². The van der Waals surface area contributed by atoms with Crippen molar-refractivity contribution in [3.63, 3.8) is 0 Å². The number of amides is 2. The summed E-state index contributed by atoms with van der Waals surface area (Å²) in [6.07, 6.45) is 2.52. The number of ether oxygens (including phenoxy) is 2. The molecule has 0 saturated carbocycles. The Labute approximate surface area is 285 Å². The molecule has 0 spiro atoms. The van der Waals surface area contributed by atoms with Crippen molar-refractivity contribution >= 4 is 39.3 Å². The predicted molar refractivity (Wildman–Crippen MR) is 181 cm³/mol. The second-order valence-electron chi connectivity index (χ2n) is 12.3. The summed E-state index contributed by atoms with van der Waals surface area (Å²) >= 11 is 6.18. The van der Waals surface area contributed by atoms with Crippen molar-refractivity contribution in [2.45, 2.75) is 69.7 Å². The van der Waals surface area contributed by atoms with Crippen molar-refractivity contribution in [2.75, 3.05) is 31.3 Å². The summed E-state index contributed by atoms with van der Waals surface area (Å²) in [4.78, 5) is 31.3. The Morgan fingerprint density at radius 1 is 1.12 bits per heavy atom. The fourth-order valence-electron chi connectivity index (χ4n) is 6.32. The van der Waals surface area contributed by atoms with Gasteiger partial charge in [0, 0.05) is 59.6 Å². The number of nitrogens with zero attached hydrogens (tertiary/aromatic N) is 2. The van der Waals surface area contributed by atoms with E-state index in [4.69, 9.17) is 21.1 Å². The molecule has 2 aliphatic heterocycles. The molecule has 14 heteroatoms. The molecule has 258 valence electrons. The smallest absolute Gasteiger partial charge is 0.407 e. The Hall–Kier alpha value is -3.78. The first kappa shape index (κ1) is 35.5. The minimum Gasteiger partial charge on any atom is -0.475 e. The lowest BCUT2D eigenvalue weighted by atomic mass is 9.85. The highest BCUT2D eigenvalue weighted by molar-refractivity contribution is 7.89. The van der Waals surface area contributed by atoms with Crippen molar-refractivity contribution < 1.29 is 31.9 Å². The molecule has 2 aromatic carbocycles. The van der Waals surface area contributed by atoms with E-state index < -0.39 is 39.8 Å². The largest absolute Gasteiger partial charge is 0.475 e. The van der Waals surface area contributed by atoms with Crippen LogP contribution in [0.15, 0.2) is 60.8 Å². The van der Waals surface area contributed by atoms with Crippen LogP contribution in [0.4, 0.5) is 14.9 Å². The number of rotatable bonds is 11. The van der Waals surface area contributed by atoms with Gasteiger partial charge in [-0.05, 0) is 74.9 Å². The SMILES string of the molecule is COC(=O)N[C@H](C(=O)Nc1cccc(F)c1CCC1CNC2CCCS(=O)(=O)N1C2)[C@H](c1ccc(Cl)cc1)c1ccc(OC(C)C)nc1. The molecule has 2 amide bonds. The average Bonchev–Trinajstić information content (AvgIpc) is 3.17. The van der Waals surface area contributed by atoms with Crippen molar-refractivity contribution in [2.24, 2.45) is 0 Å². The summed E-state index contributed by atoms with van der Waals surface area (Å²) in [7, 11) is -2.23. The van der Waals surface area contributed by atoms with Crippen LogP contribution in [-0.4, -0.2) is 79.9 Å². The number of sulfonamides is 1. The van der Waals surface area contributed by atoms with Crippen LogP contribution < -0.4 is 20.7 Å². The zero-order chi connectivity index (χ0) is 34.4. The van der Waals surface area contributed by atoms with Gasteiger partial charge in [-0.2, -0.15) is 4.31 Å². The number of piperazine rings is 1. The number of halogens is 2. The number of carbonyl (C=O) groups excluding carboxylic acids is 2. The maximum atomic E-state index is 15.4. The standard InChI is InChI=1S/C34H41ClFN5O6S/c1-21(2)47-30-16-11-23(18-38-30)31(22-9-12-24(35)13-10-22)32(40-34(43)46-3)33(42)39-29-8-4-7-28(36)27(29)15-14-26-19-37-25-6-5-17-48(44,45)41(26)20-25/h4,7-13,16,18,21,25-26,31-32,37H,5-6,14-15,17,19-20H2,1-3H3,(H,39,42)(H,40,43)/t25?,26?,31-,32+/m1/s1. The Kier molecular flexibility index (Phi) is 11.6. The Balaban J connectivity index is 1.44. The Bertz CT molecular complexity index is 1690. The van der Waals surface area contributed by atoms with Gasteiger partial charge in [-0.1, -0.05) is 35.9 Å². The van der Waals surface area contributed by atoms with Gasteiger partial charge in [0.1, 0.15) is 11.9 Å². The highest BCUT2D eigenvalue weighted by Crippen LogP contribution is 2.32. The van der Waals surface area contributed by atoms with Gasteiger partial charge in [0.25, 0.3) is 0 Å². The summed E-state index contributed by atoms with van der Waals surface area (Å²) in [6.45, 7) is 4.61. The molecule has 2 saturated heterocycles. The summed E-state index contributed by atoms with van der Waals surface area (Å²) in [5.74, 6) is -1.45. The number of benzene rings is 2. The molecule has 48 heavy (non-hydrogen) atoms. The minimum atomic E-state index is -3.43. The van der Waals surface area contributed by atoms with E-state index in [1.165, 1.54) is 19.2 Å². The lowest BCUT2D eigenvalue weighted by Crippen LogP contribution is -2.57. The second-order valence-corrected chi connectivity index (χ2v) is 14.8. The first-order chi connectivity index (χ1) is 22.9. The van der Waals surface area contributed by atoms with E-state index in [1.807, 2.05) is 13.8 Å². The van der Waals surface area contributed by atoms with E-state index in [-0.39, 0.29) is 41.6 Å². The number of carbonyl (C=O) groups is 2. The van der Waals surface area contributed by atoms with Crippen LogP contribution in [0.3, 0.4) is 0 Å². The number of methoxy groups -OCH3 is 1. The number of nitrogens with one attached hydrogen (secondary N) is 3. The number of alkyl carbamates (subject to hydrolysis) is 1. The number of hydrogen-bond donors (Lipinski definition) is 3.